The molecule has 0 amide bonds. The Labute approximate surface area is 180 Å². The number of nitriles is 1. The van der Waals surface area contributed by atoms with E-state index in [1.165, 1.54) is 12.1 Å². The van der Waals surface area contributed by atoms with Gasteiger partial charge < -0.3 is 4.74 Å². The Morgan fingerprint density at radius 1 is 1.11 bits per heavy atom. The summed E-state index contributed by atoms with van der Waals surface area (Å²) in [6, 6.07) is 18.8. The van der Waals surface area contributed by atoms with Gasteiger partial charge in [-0.15, -0.1) is 0 Å². The fourth-order valence-corrected chi connectivity index (χ4v) is 3.47. The predicted octanol–water partition coefficient (Wildman–Crippen LogP) is 7.54. The first kappa shape index (κ1) is 20.4. The van der Waals surface area contributed by atoms with Crippen LogP contribution in [-0.2, 0) is 6.61 Å². The van der Waals surface area contributed by atoms with Crippen LogP contribution >= 0.6 is 39.1 Å². The molecule has 0 heterocycles. The predicted molar refractivity (Wildman–Crippen MR) is 115 cm³/mol. The molecule has 140 valence electrons. The summed E-state index contributed by atoms with van der Waals surface area (Å²) in [7, 11) is 0. The Morgan fingerprint density at radius 2 is 1.93 bits per heavy atom. The zero-order chi connectivity index (χ0) is 20.1. The maximum atomic E-state index is 13.4. The molecule has 0 saturated carbocycles. The van der Waals surface area contributed by atoms with Crippen molar-refractivity contribution in [3.05, 3.63) is 97.7 Å². The Morgan fingerprint density at radius 3 is 2.64 bits per heavy atom. The number of hydrogen-bond donors (Lipinski definition) is 0. The smallest absolute Gasteiger partial charge is 0.127 e. The minimum absolute atomic E-state index is 0.198. The molecule has 0 atom stereocenters. The van der Waals surface area contributed by atoms with Gasteiger partial charge in [0.05, 0.1) is 16.7 Å². The summed E-state index contributed by atoms with van der Waals surface area (Å²) in [5.41, 5.74) is 2.34. The molecule has 0 aliphatic heterocycles. The normalized spacial score (nSPS) is 11.2. The maximum Gasteiger partial charge on any atom is 0.127 e. The van der Waals surface area contributed by atoms with Gasteiger partial charge in [-0.25, -0.2) is 4.39 Å². The molecule has 0 N–H and O–H groups in total. The number of nitrogens with zero attached hydrogens (tertiary/aromatic N) is 1. The van der Waals surface area contributed by atoms with Crippen LogP contribution in [0.3, 0.4) is 0 Å². The van der Waals surface area contributed by atoms with Crippen molar-refractivity contribution < 1.29 is 9.13 Å². The van der Waals surface area contributed by atoms with Crippen LogP contribution in [-0.4, -0.2) is 0 Å². The second kappa shape index (κ2) is 9.25. The van der Waals surface area contributed by atoms with E-state index < -0.39 is 0 Å². The third-order valence-electron chi connectivity index (χ3n) is 3.90. The SMILES string of the molecule is N#C/C(=C\c1cc(Br)ccc1OCc1cccc(F)c1)c1ccc(Cl)cc1Cl. The molecule has 0 radical (unpaired) electrons. The molecular weight excluding hydrogens is 464 g/mol. The molecule has 0 aliphatic rings. The quantitative estimate of drug-likeness (QED) is 0.281. The van der Waals surface area contributed by atoms with Crippen molar-refractivity contribution in [3.63, 3.8) is 0 Å². The van der Waals surface area contributed by atoms with Crippen molar-refractivity contribution >= 4 is 50.8 Å². The molecule has 0 bridgehead atoms. The van der Waals surface area contributed by atoms with Gasteiger partial charge in [-0.1, -0.05) is 57.3 Å². The third-order valence-corrected chi connectivity index (χ3v) is 4.94. The van der Waals surface area contributed by atoms with E-state index in [4.69, 9.17) is 27.9 Å². The summed E-state index contributed by atoms with van der Waals surface area (Å²) >= 11 is 15.6. The number of hydrogen-bond acceptors (Lipinski definition) is 2. The van der Waals surface area contributed by atoms with Gasteiger partial charge in [0.1, 0.15) is 18.2 Å². The van der Waals surface area contributed by atoms with Gasteiger partial charge in [-0.05, 0) is 54.1 Å². The van der Waals surface area contributed by atoms with E-state index in [1.807, 2.05) is 12.1 Å². The van der Waals surface area contributed by atoms with E-state index >= 15 is 0 Å². The standard InChI is InChI=1S/C22H13BrCl2FNO/c23-17-4-7-22(28-13-14-2-1-3-19(26)8-14)15(10-17)9-16(12-27)20-6-5-18(24)11-21(20)25/h1-11H,13H2/b16-9+. The van der Waals surface area contributed by atoms with Crippen LogP contribution in [0.5, 0.6) is 5.75 Å². The molecule has 0 spiro atoms. The molecular formula is C22H13BrCl2FNO. The first-order chi connectivity index (χ1) is 13.5. The zero-order valence-corrected chi connectivity index (χ0v) is 17.5. The van der Waals surface area contributed by atoms with Gasteiger partial charge in [-0.2, -0.15) is 5.26 Å². The van der Waals surface area contributed by atoms with E-state index in [9.17, 15) is 9.65 Å². The van der Waals surface area contributed by atoms with Crippen molar-refractivity contribution in [3.8, 4) is 11.8 Å². The van der Waals surface area contributed by atoms with E-state index in [1.54, 1.807) is 42.5 Å². The van der Waals surface area contributed by atoms with E-state index in [0.29, 0.717) is 38.1 Å². The molecule has 0 aliphatic carbocycles. The molecule has 2 nitrogen and oxygen atoms in total. The van der Waals surface area contributed by atoms with E-state index in [0.717, 1.165) is 4.47 Å². The Balaban J connectivity index is 1.95. The minimum Gasteiger partial charge on any atom is -0.488 e. The highest BCUT2D eigenvalue weighted by Gasteiger charge is 2.10. The second-order valence-corrected chi connectivity index (χ2v) is 7.65. The molecule has 3 rings (SSSR count). The highest BCUT2D eigenvalue weighted by molar-refractivity contribution is 9.10. The fourth-order valence-electron chi connectivity index (χ4n) is 2.59. The van der Waals surface area contributed by atoms with Crippen molar-refractivity contribution in [2.45, 2.75) is 6.61 Å². The summed E-state index contributed by atoms with van der Waals surface area (Å²) in [6.45, 7) is 0.198. The van der Waals surface area contributed by atoms with Gasteiger partial charge in [0.25, 0.3) is 0 Å². The molecule has 0 aromatic heterocycles. The number of rotatable bonds is 5. The van der Waals surface area contributed by atoms with Gasteiger partial charge in [0.15, 0.2) is 0 Å². The van der Waals surface area contributed by atoms with Crippen LogP contribution in [0, 0.1) is 17.1 Å². The van der Waals surface area contributed by atoms with Gasteiger partial charge >= 0.3 is 0 Å². The van der Waals surface area contributed by atoms with Crippen LogP contribution in [0.15, 0.2) is 65.1 Å². The maximum absolute atomic E-state index is 13.4. The summed E-state index contributed by atoms with van der Waals surface area (Å²) in [5.74, 6) is 0.242. The Hall–Kier alpha value is -2.32. The highest BCUT2D eigenvalue weighted by Crippen LogP contribution is 2.32. The summed E-state index contributed by atoms with van der Waals surface area (Å²) in [6.07, 6.45) is 1.70. The molecule has 3 aromatic carbocycles. The number of allylic oxidation sites excluding steroid dienone is 1. The molecule has 0 fully saturated rings. The highest BCUT2D eigenvalue weighted by atomic mass is 79.9. The average molecular weight is 477 g/mol. The van der Waals surface area contributed by atoms with E-state index in [2.05, 4.69) is 22.0 Å². The summed E-state index contributed by atoms with van der Waals surface area (Å²) in [5, 5.41) is 10.5. The van der Waals surface area contributed by atoms with Crippen LogP contribution in [0.4, 0.5) is 4.39 Å². The topological polar surface area (TPSA) is 33.0 Å². The van der Waals surface area contributed by atoms with Crippen LogP contribution in [0.1, 0.15) is 16.7 Å². The van der Waals surface area contributed by atoms with Crippen LogP contribution in [0.25, 0.3) is 11.6 Å². The number of benzene rings is 3. The van der Waals surface area contributed by atoms with Crippen molar-refractivity contribution in [2.75, 3.05) is 0 Å². The first-order valence-corrected chi connectivity index (χ1v) is 9.75. The fraction of sp³-hybridized carbons (Fsp3) is 0.0455. The monoisotopic (exact) mass is 475 g/mol. The molecule has 3 aromatic rings. The summed E-state index contributed by atoms with van der Waals surface area (Å²) < 4.78 is 20.1. The minimum atomic E-state index is -0.318. The Kier molecular flexibility index (Phi) is 6.74. The van der Waals surface area contributed by atoms with Gasteiger partial charge in [-0.3, -0.25) is 0 Å². The molecule has 28 heavy (non-hydrogen) atoms. The van der Waals surface area contributed by atoms with Gasteiger partial charge in [0, 0.05) is 20.6 Å². The molecule has 6 heteroatoms. The molecule has 0 saturated heterocycles. The van der Waals surface area contributed by atoms with Gasteiger partial charge in [0.2, 0.25) is 0 Å². The lowest BCUT2D eigenvalue weighted by atomic mass is 10.0. The van der Waals surface area contributed by atoms with Crippen molar-refractivity contribution in [1.82, 2.24) is 0 Å². The molecule has 0 unspecified atom stereocenters. The lowest BCUT2D eigenvalue weighted by Gasteiger charge is -2.11. The lowest BCUT2D eigenvalue weighted by molar-refractivity contribution is 0.305. The van der Waals surface area contributed by atoms with Crippen molar-refractivity contribution in [2.24, 2.45) is 0 Å². The average Bonchev–Trinajstić information content (AvgIpc) is 2.66. The number of halogens is 4. The first-order valence-electron chi connectivity index (χ1n) is 8.20. The van der Waals surface area contributed by atoms with Crippen LogP contribution < -0.4 is 4.74 Å². The third kappa shape index (κ3) is 5.14. The van der Waals surface area contributed by atoms with Crippen LogP contribution in [0.2, 0.25) is 10.0 Å². The Bertz CT molecular complexity index is 1090. The summed E-state index contributed by atoms with van der Waals surface area (Å²) in [4.78, 5) is 0. The largest absolute Gasteiger partial charge is 0.488 e. The van der Waals surface area contributed by atoms with E-state index in [-0.39, 0.29) is 12.4 Å². The number of ether oxygens (including phenoxy) is 1. The van der Waals surface area contributed by atoms with Crippen molar-refractivity contribution in [1.29, 1.82) is 5.26 Å². The second-order valence-electron chi connectivity index (χ2n) is 5.89. The zero-order valence-electron chi connectivity index (χ0n) is 14.4. The lowest BCUT2D eigenvalue weighted by Crippen LogP contribution is -1.98.